The number of aromatic amines is 1. The first-order valence-corrected chi connectivity index (χ1v) is 13.4. The van der Waals surface area contributed by atoms with Crippen molar-refractivity contribution in [1.82, 2.24) is 19.5 Å². The van der Waals surface area contributed by atoms with Gasteiger partial charge in [0.05, 0.1) is 12.9 Å². The maximum absolute atomic E-state index is 12.0. The molecule has 22 heteroatoms. The van der Waals surface area contributed by atoms with E-state index in [0.717, 1.165) is 6.92 Å². The minimum absolute atomic E-state index is 0.0290. The highest BCUT2D eigenvalue weighted by atomic mass is 31.3. The van der Waals surface area contributed by atoms with Crippen LogP contribution in [-0.2, 0) is 41.1 Å². The summed E-state index contributed by atoms with van der Waals surface area (Å²) in [5, 5.41) is 0. The lowest BCUT2D eigenvalue weighted by atomic mass is 10.2. The molecule has 1 fully saturated rings. The Morgan fingerprint density at radius 3 is 2.56 bits per heavy atom. The zero-order valence-electron chi connectivity index (χ0n) is 16.9. The maximum Gasteiger partial charge on any atom is 0.490 e. The van der Waals surface area contributed by atoms with E-state index in [1.807, 2.05) is 0 Å². The predicted octanol–water partition coefficient (Wildman–Crippen LogP) is -0.736. The van der Waals surface area contributed by atoms with Crippen LogP contribution in [0.3, 0.4) is 0 Å². The Balaban J connectivity index is 1.76. The van der Waals surface area contributed by atoms with Gasteiger partial charge in [-0.25, -0.2) is 23.5 Å². The van der Waals surface area contributed by atoms with Crippen molar-refractivity contribution in [3.63, 3.8) is 0 Å². The molecule has 0 bridgehead atoms. The molecular formula is C12H18N5O14P3. The van der Waals surface area contributed by atoms with Crippen molar-refractivity contribution < 1.29 is 60.7 Å². The number of rotatable bonds is 9. The number of hydrogen-bond acceptors (Lipinski definition) is 13. The second kappa shape index (κ2) is 9.56. The highest BCUT2D eigenvalue weighted by Gasteiger charge is 2.44. The molecule has 19 nitrogen and oxygen atoms in total. The van der Waals surface area contributed by atoms with Crippen molar-refractivity contribution in [1.29, 1.82) is 0 Å². The number of nitrogens with one attached hydrogen (secondary N) is 1. The maximum atomic E-state index is 12.0. The first-order chi connectivity index (χ1) is 15.6. The highest BCUT2D eigenvalue weighted by molar-refractivity contribution is 7.66. The summed E-state index contributed by atoms with van der Waals surface area (Å²) >= 11 is 0. The number of aromatic nitrogens is 4. The van der Waals surface area contributed by atoms with Gasteiger partial charge in [-0.15, -0.1) is 0 Å². The Morgan fingerprint density at radius 2 is 1.94 bits per heavy atom. The average molecular weight is 549 g/mol. The van der Waals surface area contributed by atoms with Crippen LogP contribution in [-0.4, -0.2) is 63.9 Å². The fourth-order valence-corrected chi connectivity index (χ4v) is 6.02. The summed E-state index contributed by atoms with van der Waals surface area (Å²) in [5.41, 5.74) is 5.10. The van der Waals surface area contributed by atoms with Crippen molar-refractivity contribution in [2.75, 3.05) is 12.3 Å². The molecule has 1 aliphatic rings. The lowest BCUT2D eigenvalue weighted by Crippen LogP contribution is -2.30. The number of nitrogen functional groups attached to an aromatic ring is 1. The van der Waals surface area contributed by atoms with E-state index >= 15 is 0 Å². The first kappa shape index (κ1) is 26.6. The molecule has 0 saturated carbocycles. The minimum atomic E-state index is -5.72. The molecule has 3 rings (SSSR count). The normalized spacial score (nSPS) is 24.6. The van der Waals surface area contributed by atoms with Gasteiger partial charge in [-0.05, 0) is 0 Å². The van der Waals surface area contributed by atoms with E-state index in [0.29, 0.717) is 0 Å². The summed E-state index contributed by atoms with van der Waals surface area (Å²) in [4.78, 5) is 69.1. The van der Waals surface area contributed by atoms with Crippen LogP contribution in [0.1, 0.15) is 19.6 Å². The van der Waals surface area contributed by atoms with Gasteiger partial charge < -0.3 is 34.8 Å². The molecule has 0 aliphatic carbocycles. The van der Waals surface area contributed by atoms with E-state index in [4.69, 9.17) is 25.0 Å². The van der Waals surface area contributed by atoms with Crippen LogP contribution in [0, 0.1) is 0 Å². The Hall–Kier alpha value is -2.01. The third kappa shape index (κ3) is 6.78. The van der Waals surface area contributed by atoms with E-state index < -0.39 is 60.2 Å². The van der Waals surface area contributed by atoms with Gasteiger partial charge in [0.1, 0.15) is 29.8 Å². The average Bonchev–Trinajstić information content (AvgIpc) is 3.20. The van der Waals surface area contributed by atoms with Crippen LogP contribution < -0.4 is 11.4 Å². The molecule has 1 aliphatic heterocycles. The second-order valence-corrected chi connectivity index (χ2v) is 11.1. The van der Waals surface area contributed by atoms with Gasteiger partial charge in [0, 0.05) is 13.3 Å². The summed E-state index contributed by atoms with van der Waals surface area (Å²) in [7, 11) is -16.7. The van der Waals surface area contributed by atoms with Crippen LogP contribution in [0.25, 0.3) is 11.2 Å². The van der Waals surface area contributed by atoms with Crippen LogP contribution in [0.15, 0.2) is 11.1 Å². The van der Waals surface area contributed by atoms with Crippen LogP contribution in [0.2, 0.25) is 0 Å². The predicted molar refractivity (Wildman–Crippen MR) is 106 cm³/mol. The summed E-state index contributed by atoms with van der Waals surface area (Å²) in [6.45, 7) is 0.224. The minimum Gasteiger partial charge on any atom is -0.460 e. The van der Waals surface area contributed by atoms with Gasteiger partial charge in [0.15, 0.2) is 5.65 Å². The number of anilines is 1. The van der Waals surface area contributed by atoms with Crippen molar-refractivity contribution in [2.45, 2.75) is 31.8 Å². The number of carbonyl (C=O) groups is 1. The number of imidazole rings is 1. The standard InChI is InChI=1S/C12H18N5O14P3/c1-5(18)28-6-2-8(17-4-14-9-10(13)15-12(19)16-11(9)17)29-7(6)3-27-33(23,24)31-34(25,26)30-32(20,21)22/h4,6-8H,2-3H2,1H3,(H,23,24)(H,25,26)(H2,20,21,22)(H3,13,15,16,19)/t6-,7+,8+/m0/s1. The van der Waals surface area contributed by atoms with Gasteiger partial charge in [0.2, 0.25) is 0 Å². The van der Waals surface area contributed by atoms with E-state index in [1.54, 1.807) is 0 Å². The summed E-state index contributed by atoms with van der Waals surface area (Å²) in [6, 6.07) is 0. The Kier molecular flexibility index (Phi) is 7.48. The number of hydrogen-bond donors (Lipinski definition) is 6. The Labute approximate surface area is 188 Å². The summed E-state index contributed by atoms with van der Waals surface area (Å²) in [6.07, 6.45) is -2.13. The molecule has 190 valence electrons. The van der Waals surface area contributed by atoms with Crippen molar-refractivity contribution in [2.24, 2.45) is 0 Å². The van der Waals surface area contributed by atoms with Crippen molar-refractivity contribution in [3.05, 3.63) is 16.8 Å². The molecule has 2 aromatic rings. The fraction of sp³-hybridized carbons (Fsp3) is 0.500. The van der Waals surface area contributed by atoms with Crippen molar-refractivity contribution >= 4 is 46.4 Å². The first-order valence-electron chi connectivity index (χ1n) is 8.88. The van der Waals surface area contributed by atoms with E-state index in [1.165, 1.54) is 10.9 Å². The SMILES string of the molecule is CC(=O)O[C@H]1C[C@H](n2cnc3c(N)[nH]c(=O)nc32)O[C@@H]1COP(=O)(O)OP(=O)(O)OP(=O)(O)O. The second-order valence-electron chi connectivity index (χ2n) is 6.68. The summed E-state index contributed by atoms with van der Waals surface area (Å²) < 4.78 is 58.0. The molecule has 5 atom stereocenters. The van der Waals surface area contributed by atoms with Crippen LogP contribution in [0.4, 0.5) is 5.82 Å². The van der Waals surface area contributed by atoms with E-state index in [-0.39, 0.29) is 23.4 Å². The number of H-pyrrole nitrogens is 1. The molecule has 7 N–H and O–H groups in total. The lowest BCUT2D eigenvalue weighted by molar-refractivity contribution is -0.150. The number of phosphoric acid groups is 3. The number of carbonyl (C=O) groups excluding carboxylic acids is 1. The number of ether oxygens (including phenoxy) is 2. The Bertz CT molecular complexity index is 1290. The molecule has 0 aromatic carbocycles. The van der Waals surface area contributed by atoms with Crippen LogP contribution >= 0.6 is 23.5 Å². The monoisotopic (exact) mass is 549 g/mol. The van der Waals surface area contributed by atoms with Gasteiger partial charge >= 0.3 is 35.1 Å². The Morgan fingerprint density at radius 1 is 1.26 bits per heavy atom. The lowest BCUT2D eigenvalue weighted by Gasteiger charge is -2.20. The molecule has 2 unspecified atom stereocenters. The molecule has 34 heavy (non-hydrogen) atoms. The largest absolute Gasteiger partial charge is 0.490 e. The fourth-order valence-electron chi connectivity index (χ4n) is 2.99. The number of nitrogens with two attached hydrogens (primary N) is 1. The number of phosphoric ester groups is 1. The van der Waals surface area contributed by atoms with Gasteiger partial charge in [-0.2, -0.15) is 13.6 Å². The molecule has 1 saturated heterocycles. The zero-order chi connectivity index (χ0) is 25.5. The van der Waals surface area contributed by atoms with E-state index in [9.17, 15) is 33.1 Å². The smallest absolute Gasteiger partial charge is 0.460 e. The van der Waals surface area contributed by atoms with Gasteiger partial charge in [-0.1, -0.05) is 0 Å². The number of nitrogens with zero attached hydrogens (tertiary/aromatic N) is 3. The molecular weight excluding hydrogens is 531 g/mol. The van der Waals surface area contributed by atoms with E-state index in [2.05, 4.69) is 28.1 Å². The number of esters is 1. The molecule has 2 aromatic heterocycles. The third-order valence-electron chi connectivity index (χ3n) is 4.10. The molecule has 0 amide bonds. The number of fused-ring (bicyclic) bond motifs is 1. The van der Waals surface area contributed by atoms with Crippen molar-refractivity contribution in [3.8, 4) is 0 Å². The van der Waals surface area contributed by atoms with Gasteiger partial charge in [0.25, 0.3) is 0 Å². The molecule has 3 heterocycles. The zero-order valence-corrected chi connectivity index (χ0v) is 19.5. The topological polar surface area (TPSA) is 285 Å². The van der Waals surface area contributed by atoms with Crippen LogP contribution in [0.5, 0.6) is 0 Å². The third-order valence-corrected chi connectivity index (χ3v) is 7.90. The molecule has 0 radical (unpaired) electrons. The molecule has 0 spiro atoms. The highest BCUT2D eigenvalue weighted by Crippen LogP contribution is 2.66. The quantitative estimate of drug-likeness (QED) is 0.166. The van der Waals surface area contributed by atoms with Gasteiger partial charge in [-0.3, -0.25) is 18.9 Å². The summed E-state index contributed by atoms with van der Waals surface area (Å²) in [5.74, 6) is -0.806.